The molecule has 0 saturated heterocycles. The van der Waals surface area contributed by atoms with Gasteiger partial charge in [0.2, 0.25) is 11.8 Å². The van der Waals surface area contributed by atoms with Crippen LogP contribution in [0.5, 0.6) is 5.75 Å². The van der Waals surface area contributed by atoms with Crippen molar-refractivity contribution in [2.45, 2.75) is 64.2 Å². The monoisotopic (exact) mass is 375 g/mol. The van der Waals surface area contributed by atoms with Gasteiger partial charge in [0.25, 0.3) is 0 Å². The molecule has 0 aliphatic heterocycles. The molecular weight excluding hydrogens is 342 g/mol. The lowest BCUT2D eigenvalue weighted by Crippen LogP contribution is -2.25. The van der Waals surface area contributed by atoms with Crippen LogP contribution in [0.2, 0.25) is 0 Å². The first-order valence-electron chi connectivity index (χ1n) is 10.1. The van der Waals surface area contributed by atoms with Crippen molar-refractivity contribution in [1.82, 2.24) is 0 Å². The molecule has 1 aromatic rings. The minimum Gasteiger partial charge on any atom is -0.495 e. The lowest BCUT2D eigenvalue weighted by atomic mass is 9.88. The van der Waals surface area contributed by atoms with E-state index in [-0.39, 0.29) is 17.7 Å². The zero-order valence-corrected chi connectivity index (χ0v) is 16.4. The largest absolute Gasteiger partial charge is 0.495 e. The molecule has 0 heterocycles. The van der Waals surface area contributed by atoms with Gasteiger partial charge in [0, 0.05) is 18.0 Å². The van der Waals surface area contributed by atoms with Crippen molar-refractivity contribution < 1.29 is 14.3 Å². The first kappa shape index (κ1) is 21.2. The molecule has 4 N–H and O–H groups in total. The van der Waals surface area contributed by atoms with Crippen LogP contribution in [0.25, 0.3) is 0 Å². The second kappa shape index (κ2) is 11.6. The SMILES string of the molecule is COc1ccc(NC(=O)CCCCCCN)cc1NC(=O)C1CCCCC1. The van der Waals surface area contributed by atoms with Crippen molar-refractivity contribution in [1.29, 1.82) is 0 Å². The van der Waals surface area contributed by atoms with Gasteiger partial charge in [-0.05, 0) is 50.4 Å². The number of nitrogens with one attached hydrogen (secondary N) is 2. The standard InChI is InChI=1S/C21H33N3O3/c1-27-19-13-12-17(23-20(25)11-7-2-3-8-14-22)15-18(19)24-21(26)16-9-5-4-6-10-16/h12-13,15-16H,2-11,14,22H2,1H3,(H,23,25)(H,24,26). The maximum absolute atomic E-state index is 12.5. The minimum absolute atomic E-state index is 0.0162. The molecule has 1 aliphatic rings. The summed E-state index contributed by atoms with van der Waals surface area (Å²) in [6.45, 7) is 0.702. The second-order valence-corrected chi connectivity index (χ2v) is 7.24. The lowest BCUT2D eigenvalue weighted by Gasteiger charge is -2.21. The van der Waals surface area contributed by atoms with Crippen molar-refractivity contribution in [3.8, 4) is 5.75 Å². The number of hydrogen-bond acceptors (Lipinski definition) is 4. The van der Waals surface area contributed by atoms with Crippen LogP contribution in [0, 0.1) is 5.92 Å². The van der Waals surface area contributed by atoms with Gasteiger partial charge < -0.3 is 21.1 Å². The summed E-state index contributed by atoms with van der Waals surface area (Å²) < 4.78 is 5.36. The van der Waals surface area contributed by atoms with E-state index in [1.165, 1.54) is 6.42 Å². The number of anilines is 2. The number of methoxy groups -OCH3 is 1. The Bertz CT molecular complexity index is 613. The van der Waals surface area contributed by atoms with E-state index in [9.17, 15) is 9.59 Å². The third-order valence-corrected chi connectivity index (χ3v) is 5.08. The maximum Gasteiger partial charge on any atom is 0.227 e. The third-order valence-electron chi connectivity index (χ3n) is 5.08. The number of nitrogens with two attached hydrogens (primary N) is 1. The van der Waals surface area contributed by atoms with Gasteiger partial charge >= 0.3 is 0 Å². The molecule has 0 bridgehead atoms. The summed E-state index contributed by atoms with van der Waals surface area (Å²) in [5.41, 5.74) is 6.75. The Hall–Kier alpha value is -2.08. The van der Waals surface area contributed by atoms with Gasteiger partial charge in [-0.2, -0.15) is 0 Å². The molecule has 1 aromatic carbocycles. The van der Waals surface area contributed by atoms with Gasteiger partial charge in [-0.3, -0.25) is 9.59 Å². The Morgan fingerprint density at radius 2 is 1.81 bits per heavy atom. The quantitative estimate of drug-likeness (QED) is 0.538. The Morgan fingerprint density at radius 3 is 2.52 bits per heavy atom. The van der Waals surface area contributed by atoms with Crippen molar-refractivity contribution in [3.63, 3.8) is 0 Å². The summed E-state index contributed by atoms with van der Waals surface area (Å²) in [7, 11) is 1.57. The van der Waals surface area contributed by atoms with Crippen molar-refractivity contribution in [2.75, 3.05) is 24.3 Å². The molecule has 150 valence electrons. The third kappa shape index (κ3) is 7.21. The van der Waals surface area contributed by atoms with Crippen LogP contribution in [0.4, 0.5) is 11.4 Å². The van der Waals surface area contributed by atoms with E-state index in [0.29, 0.717) is 30.1 Å². The summed E-state index contributed by atoms with van der Waals surface area (Å²) >= 11 is 0. The predicted molar refractivity (Wildman–Crippen MR) is 109 cm³/mol. The molecule has 6 nitrogen and oxygen atoms in total. The molecule has 1 saturated carbocycles. The summed E-state index contributed by atoms with van der Waals surface area (Å²) in [6, 6.07) is 5.33. The fourth-order valence-corrected chi connectivity index (χ4v) is 3.49. The number of carbonyl (C=O) groups is 2. The number of unbranched alkanes of at least 4 members (excludes halogenated alkanes) is 3. The second-order valence-electron chi connectivity index (χ2n) is 7.24. The minimum atomic E-state index is -0.0162. The van der Waals surface area contributed by atoms with Gasteiger partial charge in [-0.1, -0.05) is 32.1 Å². The summed E-state index contributed by atoms with van der Waals surface area (Å²) in [4.78, 5) is 24.7. The highest BCUT2D eigenvalue weighted by atomic mass is 16.5. The summed E-state index contributed by atoms with van der Waals surface area (Å²) in [6.07, 6.45) is 9.72. The Balaban J connectivity index is 1.91. The number of amides is 2. The molecule has 0 radical (unpaired) electrons. The van der Waals surface area contributed by atoms with Crippen LogP contribution >= 0.6 is 0 Å². The van der Waals surface area contributed by atoms with E-state index in [0.717, 1.165) is 51.4 Å². The normalized spacial score (nSPS) is 14.6. The first-order valence-corrected chi connectivity index (χ1v) is 10.1. The van der Waals surface area contributed by atoms with E-state index < -0.39 is 0 Å². The average Bonchev–Trinajstić information content (AvgIpc) is 2.68. The van der Waals surface area contributed by atoms with Gasteiger partial charge in [0.1, 0.15) is 5.75 Å². The molecule has 0 unspecified atom stereocenters. The topological polar surface area (TPSA) is 93.4 Å². The molecule has 6 heteroatoms. The highest BCUT2D eigenvalue weighted by Gasteiger charge is 2.22. The fraction of sp³-hybridized carbons (Fsp3) is 0.619. The molecule has 1 fully saturated rings. The van der Waals surface area contributed by atoms with E-state index in [1.807, 2.05) is 0 Å². The van der Waals surface area contributed by atoms with Gasteiger partial charge in [0.15, 0.2) is 0 Å². The van der Waals surface area contributed by atoms with Crippen molar-refractivity contribution in [2.24, 2.45) is 11.7 Å². The Morgan fingerprint density at radius 1 is 1.07 bits per heavy atom. The zero-order chi connectivity index (χ0) is 19.5. The molecule has 1 aliphatic carbocycles. The summed E-state index contributed by atoms with van der Waals surface area (Å²) in [5, 5.41) is 5.89. The van der Waals surface area contributed by atoms with Crippen LogP contribution in [0.3, 0.4) is 0 Å². The molecule has 2 rings (SSSR count). The van der Waals surface area contributed by atoms with E-state index in [4.69, 9.17) is 10.5 Å². The number of rotatable bonds is 10. The van der Waals surface area contributed by atoms with Gasteiger partial charge in [0.05, 0.1) is 12.8 Å². The zero-order valence-electron chi connectivity index (χ0n) is 16.4. The molecule has 0 atom stereocenters. The average molecular weight is 376 g/mol. The number of ether oxygens (including phenoxy) is 1. The summed E-state index contributed by atoms with van der Waals surface area (Å²) in [5.74, 6) is 0.683. The van der Waals surface area contributed by atoms with E-state index in [2.05, 4.69) is 10.6 Å². The Kier molecular flexibility index (Phi) is 9.11. The first-order chi connectivity index (χ1) is 13.1. The lowest BCUT2D eigenvalue weighted by molar-refractivity contribution is -0.120. The number of benzene rings is 1. The smallest absolute Gasteiger partial charge is 0.227 e. The van der Waals surface area contributed by atoms with E-state index in [1.54, 1.807) is 25.3 Å². The fourth-order valence-electron chi connectivity index (χ4n) is 3.49. The Labute approximate surface area is 162 Å². The number of carbonyl (C=O) groups excluding carboxylic acids is 2. The number of hydrogen-bond donors (Lipinski definition) is 3. The highest BCUT2D eigenvalue weighted by Crippen LogP contribution is 2.30. The van der Waals surface area contributed by atoms with Crippen LogP contribution in [0.1, 0.15) is 64.2 Å². The molecule has 0 spiro atoms. The van der Waals surface area contributed by atoms with Gasteiger partial charge in [-0.25, -0.2) is 0 Å². The van der Waals surface area contributed by atoms with Crippen molar-refractivity contribution in [3.05, 3.63) is 18.2 Å². The van der Waals surface area contributed by atoms with Crippen LogP contribution < -0.4 is 21.1 Å². The van der Waals surface area contributed by atoms with Crippen LogP contribution in [-0.2, 0) is 9.59 Å². The molecule has 2 amide bonds. The van der Waals surface area contributed by atoms with Crippen LogP contribution in [0.15, 0.2) is 18.2 Å². The highest BCUT2D eigenvalue weighted by molar-refractivity contribution is 5.96. The maximum atomic E-state index is 12.5. The molecular formula is C21H33N3O3. The van der Waals surface area contributed by atoms with Crippen LogP contribution in [-0.4, -0.2) is 25.5 Å². The molecule has 27 heavy (non-hydrogen) atoms. The van der Waals surface area contributed by atoms with E-state index >= 15 is 0 Å². The predicted octanol–water partition coefficient (Wildman–Crippen LogP) is 4.06. The van der Waals surface area contributed by atoms with Gasteiger partial charge in [-0.15, -0.1) is 0 Å². The van der Waals surface area contributed by atoms with Crippen molar-refractivity contribution >= 4 is 23.2 Å². The molecule has 0 aromatic heterocycles.